The van der Waals surface area contributed by atoms with Crippen LogP contribution in [0.2, 0.25) is 0 Å². The highest BCUT2D eigenvalue weighted by molar-refractivity contribution is 8.18. The van der Waals surface area contributed by atoms with Crippen LogP contribution < -0.4 is 0 Å². The van der Waals surface area contributed by atoms with E-state index in [9.17, 15) is 14.7 Å². The predicted molar refractivity (Wildman–Crippen MR) is 113 cm³/mol. The summed E-state index contributed by atoms with van der Waals surface area (Å²) in [6.45, 7) is 8.94. The summed E-state index contributed by atoms with van der Waals surface area (Å²) < 4.78 is 1.92. The largest absolute Gasteiger partial charge is 0.478 e. The molecule has 7 heteroatoms. The van der Waals surface area contributed by atoms with Crippen molar-refractivity contribution in [1.29, 1.82) is 0 Å². The summed E-state index contributed by atoms with van der Waals surface area (Å²) in [5.41, 5.74) is 3.54. The Balaban J connectivity index is 2.07. The van der Waals surface area contributed by atoms with E-state index in [1.807, 2.05) is 50.5 Å². The monoisotopic (exact) mass is 397 g/mol. The Morgan fingerprint density at radius 3 is 2.61 bits per heavy atom. The van der Waals surface area contributed by atoms with Gasteiger partial charge in [0.2, 0.25) is 0 Å². The van der Waals surface area contributed by atoms with E-state index in [1.54, 1.807) is 23.1 Å². The van der Waals surface area contributed by atoms with Gasteiger partial charge in [0.25, 0.3) is 5.91 Å². The molecular weight excluding hydrogens is 374 g/mol. The van der Waals surface area contributed by atoms with E-state index in [-0.39, 0.29) is 11.5 Å². The molecule has 1 amide bonds. The molecule has 1 aliphatic heterocycles. The third kappa shape index (κ3) is 3.49. The Bertz CT molecular complexity index is 1000. The molecule has 1 saturated heterocycles. The topological polar surface area (TPSA) is 74.9 Å². The van der Waals surface area contributed by atoms with E-state index < -0.39 is 5.97 Å². The van der Waals surface area contributed by atoms with Gasteiger partial charge in [-0.2, -0.15) is 0 Å². The average molecular weight is 398 g/mol. The van der Waals surface area contributed by atoms with Crippen LogP contribution in [0, 0.1) is 13.8 Å². The van der Waals surface area contributed by atoms with Gasteiger partial charge < -0.3 is 9.67 Å². The average Bonchev–Trinajstić information content (AvgIpc) is 3.11. The molecule has 146 valence electrons. The summed E-state index contributed by atoms with van der Waals surface area (Å²) in [7, 11) is 0. The van der Waals surface area contributed by atoms with Gasteiger partial charge in [-0.05, 0) is 69.3 Å². The number of benzene rings is 1. The highest BCUT2D eigenvalue weighted by Gasteiger charge is 2.32. The van der Waals surface area contributed by atoms with E-state index in [1.165, 1.54) is 11.8 Å². The zero-order valence-electron chi connectivity index (χ0n) is 16.4. The maximum absolute atomic E-state index is 12.7. The summed E-state index contributed by atoms with van der Waals surface area (Å²) in [6, 6.07) is 8.89. The Hall–Kier alpha value is -2.80. The molecule has 0 aliphatic carbocycles. The SMILES string of the molecule is CCN=C1S/C(=C\c2cc(C)n(-c3ccccc3C(=O)O)c2C)C(=O)N1CC. The lowest BCUT2D eigenvalue weighted by molar-refractivity contribution is -0.122. The van der Waals surface area contributed by atoms with Crippen molar-refractivity contribution in [2.45, 2.75) is 27.7 Å². The Labute approximate surface area is 168 Å². The minimum Gasteiger partial charge on any atom is -0.478 e. The molecule has 1 N–H and O–H groups in total. The van der Waals surface area contributed by atoms with Gasteiger partial charge in [-0.3, -0.25) is 14.7 Å². The van der Waals surface area contributed by atoms with Gasteiger partial charge in [0.05, 0.1) is 16.2 Å². The lowest BCUT2D eigenvalue weighted by Gasteiger charge is -2.12. The van der Waals surface area contributed by atoms with Crippen LogP contribution >= 0.6 is 11.8 Å². The number of aryl methyl sites for hydroxylation is 1. The van der Waals surface area contributed by atoms with Gasteiger partial charge >= 0.3 is 5.97 Å². The Morgan fingerprint density at radius 2 is 1.96 bits per heavy atom. The van der Waals surface area contributed by atoms with Crippen molar-refractivity contribution in [3.63, 3.8) is 0 Å². The van der Waals surface area contributed by atoms with Crippen LogP contribution in [0.1, 0.15) is 41.2 Å². The van der Waals surface area contributed by atoms with Crippen LogP contribution in [0.5, 0.6) is 0 Å². The molecule has 1 fully saturated rings. The van der Waals surface area contributed by atoms with Gasteiger partial charge in [0, 0.05) is 24.5 Å². The van der Waals surface area contributed by atoms with Crippen molar-refractivity contribution in [3.8, 4) is 5.69 Å². The van der Waals surface area contributed by atoms with Crippen molar-refractivity contribution >= 4 is 34.9 Å². The van der Waals surface area contributed by atoms with Crippen molar-refractivity contribution in [2.24, 2.45) is 4.99 Å². The maximum Gasteiger partial charge on any atom is 0.337 e. The molecule has 2 aromatic rings. The first-order valence-corrected chi connectivity index (χ1v) is 9.98. The quantitative estimate of drug-likeness (QED) is 0.771. The van der Waals surface area contributed by atoms with Crippen LogP contribution in [0.25, 0.3) is 11.8 Å². The molecule has 28 heavy (non-hydrogen) atoms. The number of amidine groups is 1. The fourth-order valence-corrected chi connectivity index (χ4v) is 4.43. The lowest BCUT2D eigenvalue weighted by atomic mass is 10.1. The van der Waals surface area contributed by atoms with E-state index in [0.717, 1.165) is 22.1 Å². The number of carboxylic acid groups (broad SMARTS) is 1. The first-order valence-electron chi connectivity index (χ1n) is 9.16. The molecule has 0 unspecified atom stereocenters. The van der Waals surface area contributed by atoms with E-state index in [4.69, 9.17) is 0 Å². The molecule has 2 heterocycles. The number of carboxylic acids is 1. The second-order valence-electron chi connectivity index (χ2n) is 6.40. The fraction of sp³-hybridized carbons (Fsp3) is 0.286. The van der Waals surface area contributed by atoms with E-state index in [0.29, 0.717) is 23.7 Å². The summed E-state index contributed by atoms with van der Waals surface area (Å²) in [6.07, 6.45) is 1.87. The van der Waals surface area contributed by atoms with Gasteiger partial charge in [-0.15, -0.1) is 0 Å². The van der Waals surface area contributed by atoms with Crippen LogP contribution in [0.3, 0.4) is 0 Å². The summed E-state index contributed by atoms with van der Waals surface area (Å²) in [5, 5.41) is 10.3. The summed E-state index contributed by atoms with van der Waals surface area (Å²) in [4.78, 5) is 31.1. The standard InChI is InChI=1S/C21H23N3O3S/c1-5-22-21-23(6-2)19(25)18(28-21)12-15-11-13(3)24(14(15)4)17-10-8-7-9-16(17)20(26)27/h7-12H,5-6H2,1-4H3,(H,26,27)/b18-12-,22-21?. The first-order chi connectivity index (χ1) is 13.4. The second kappa shape index (κ2) is 8.06. The van der Waals surface area contributed by atoms with Crippen molar-refractivity contribution < 1.29 is 14.7 Å². The molecule has 3 rings (SSSR count). The Morgan fingerprint density at radius 1 is 1.25 bits per heavy atom. The molecule has 6 nitrogen and oxygen atoms in total. The van der Waals surface area contributed by atoms with Crippen molar-refractivity contribution in [1.82, 2.24) is 9.47 Å². The number of para-hydroxylation sites is 1. The highest BCUT2D eigenvalue weighted by atomic mass is 32.2. The minimum absolute atomic E-state index is 0.0459. The lowest BCUT2D eigenvalue weighted by Crippen LogP contribution is -2.28. The molecule has 0 bridgehead atoms. The highest BCUT2D eigenvalue weighted by Crippen LogP contribution is 2.34. The number of aromatic nitrogens is 1. The van der Waals surface area contributed by atoms with Crippen molar-refractivity contribution in [2.75, 3.05) is 13.1 Å². The van der Waals surface area contributed by atoms with Crippen molar-refractivity contribution in [3.05, 3.63) is 57.8 Å². The van der Waals surface area contributed by atoms with Crippen LogP contribution in [0.4, 0.5) is 0 Å². The zero-order chi connectivity index (χ0) is 20.4. The predicted octanol–water partition coefficient (Wildman–Crippen LogP) is 4.10. The number of rotatable bonds is 5. The molecule has 0 atom stereocenters. The number of hydrogen-bond acceptors (Lipinski definition) is 4. The third-order valence-electron chi connectivity index (χ3n) is 4.63. The molecule has 0 radical (unpaired) electrons. The number of carbonyl (C=O) groups excluding carboxylic acids is 1. The number of carbonyl (C=O) groups is 2. The number of nitrogens with zero attached hydrogens (tertiary/aromatic N) is 3. The van der Waals surface area contributed by atoms with Gasteiger partial charge in [0.1, 0.15) is 0 Å². The molecule has 1 aromatic heterocycles. The second-order valence-corrected chi connectivity index (χ2v) is 7.41. The number of likely N-dealkylation sites (N-methyl/N-ethyl adjacent to an activating group) is 1. The maximum atomic E-state index is 12.7. The molecular formula is C21H23N3O3S. The number of aromatic carboxylic acids is 1. The first kappa shape index (κ1) is 19.9. The Kier molecular flexibility index (Phi) is 5.74. The van der Waals surface area contributed by atoms with Gasteiger partial charge in [0.15, 0.2) is 5.17 Å². The molecule has 0 saturated carbocycles. The number of amides is 1. The van der Waals surface area contributed by atoms with Gasteiger partial charge in [-0.1, -0.05) is 12.1 Å². The number of aliphatic imine (C=N–C) groups is 1. The minimum atomic E-state index is -0.969. The number of thioether (sulfide) groups is 1. The van der Waals surface area contributed by atoms with E-state index in [2.05, 4.69) is 4.99 Å². The fourth-order valence-electron chi connectivity index (χ4n) is 3.34. The molecule has 1 aliphatic rings. The van der Waals surface area contributed by atoms with Crippen LogP contribution in [-0.4, -0.2) is 44.7 Å². The molecule has 1 aromatic carbocycles. The van der Waals surface area contributed by atoms with Crippen LogP contribution in [0.15, 0.2) is 40.2 Å². The smallest absolute Gasteiger partial charge is 0.337 e. The van der Waals surface area contributed by atoms with Crippen LogP contribution in [-0.2, 0) is 4.79 Å². The normalized spacial score (nSPS) is 17.1. The zero-order valence-corrected chi connectivity index (χ0v) is 17.2. The molecule has 0 spiro atoms. The number of hydrogen-bond donors (Lipinski definition) is 1. The third-order valence-corrected chi connectivity index (χ3v) is 5.67. The summed E-state index contributed by atoms with van der Waals surface area (Å²) >= 11 is 1.38. The van der Waals surface area contributed by atoms with E-state index >= 15 is 0 Å². The summed E-state index contributed by atoms with van der Waals surface area (Å²) in [5.74, 6) is -1.01. The van der Waals surface area contributed by atoms with Gasteiger partial charge in [-0.25, -0.2) is 4.79 Å².